The average Bonchev–Trinajstić information content (AvgIpc) is 2.59. The van der Waals surface area contributed by atoms with E-state index in [1.54, 1.807) is 42.5 Å². The summed E-state index contributed by atoms with van der Waals surface area (Å²) >= 11 is 5.79. The van der Waals surface area contributed by atoms with Crippen LogP contribution in [0.3, 0.4) is 0 Å². The molecule has 24 heavy (non-hydrogen) atoms. The zero-order valence-corrected chi connectivity index (χ0v) is 13.1. The van der Waals surface area contributed by atoms with E-state index >= 15 is 0 Å². The van der Waals surface area contributed by atoms with Crippen LogP contribution in [0.2, 0.25) is 5.02 Å². The van der Waals surface area contributed by atoms with Gasteiger partial charge in [0.2, 0.25) is 0 Å². The molecule has 0 saturated carbocycles. The molecule has 0 atom stereocenters. The van der Waals surface area contributed by atoms with Crippen molar-refractivity contribution in [2.24, 2.45) is 0 Å². The van der Waals surface area contributed by atoms with Crippen molar-refractivity contribution in [3.63, 3.8) is 0 Å². The van der Waals surface area contributed by atoms with E-state index in [2.05, 4.69) is 20.6 Å². The van der Waals surface area contributed by atoms with E-state index in [9.17, 15) is 9.18 Å². The number of nitrogens with zero attached hydrogens (tertiary/aromatic N) is 2. The van der Waals surface area contributed by atoms with Gasteiger partial charge in [0.15, 0.2) is 0 Å². The Morgan fingerprint density at radius 3 is 2.42 bits per heavy atom. The Kier molecular flexibility index (Phi) is 4.67. The Bertz CT molecular complexity index is 853. The highest BCUT2D eigenvalue weighted by Gasteiger charge is 2.09. The normalized spacial score (nSPS) is 10.2. The standard InChI is InChI=1S/C17H12ClFN4O/c18-11-5-7-12(8-6-11)22-17(24)15-9-21-16(10-20-15)23-14-4-2-1-3-13(14)19/h1-10H,(H,21,23)(H,22,24). The minimum atomic E-state index is -0.401. The third-order valence-electron chi connectivity index (χ3n) is 3.12. The highest BCUT2D eigenvalue weighted by atomic mass is 35.5. The number of benzene rings is 2. The molecule has 7 heteroatoms. The van der Waals surface area contributed by atoms with Crippen molar-refractivity contribution in [3.05, 3.63) is 77.5 Å². The number of aromatic nitrogens is 2. The zero-order chi connectivity index (χ0) is 16.9. The number of carbonyl (C=O) groups is 1. The van der Waals surface area contributed by atoms with Gasteiger partial charge in [-0.25, -0.2) is 14.4 Å². The number of rotatable bonds is 4. The number of halogens is 2. The lowest BCUT2D eigenvalue weighted by atomic mass is 10.3. The minimum Gasteiger partial charge on any atom is -0.337 e. The van der Waals surface area contributed by atoms with Crippen molar-refractivity contribution < 1.29 is 9.18 Å². The molecule has 1 amide bonds. The lowest BCUT2D eigenvalue weighted by molar-refractivity contribution is 0.102. The predicted molar refractivity (Wildman–Crippen MR) is 91.1 cm³/mol. The van der Waals surface area contributed by atoms with Gasteiger partial charge in [0.25, 0.3) is 5.91 Å². The molecule has 3 rings (SSSR count). The maximum Gasteiger partial charge on any atom is 0.275 e. The second-order valence-corrected chi connectivity index (χ2v) is 5.29. The maximum absolute atomic E-state index is 13.6. The number of hydrogen-bond acceptors (Lipinski definition) is 4. The molecule has 0 radical (unpaired) electrons. The predicted octanol–water partition coefficient (Wildman–Crippen LogP) is 4.27. The van der Waals surface area contributed by atoms with E-state index in [0.29, 0.717) is 16.5 Å². The quantitative estimate of drug-likeness (QED) is 0.743. The number of para-hydroxylation sites is 1. The molecule has 0 aliphatic carbocycles. The fourth-order valence-corrected chi connectivity index (χ4v) is 2.06. The van der Waals surface area contributed by atoms with Crippen molar-refractivity contribution in [1.82, 2.24) is 9.97 Å². The van der Waals surface area contributed by atoms with Crippen molar-refractivity contribution in [2.75, 3.05) is 10.6 Å². The molecule has 1 aromatic heterocycles. The monoisotopic (exact) mass is 342 g/mol. The van der Waals surface area contributed by atoms with Gasteiger partial charge < -0.3 is 10.6 Å². The van der Waals surface area contributed by atoms with Crippen LogP contribution in [0.25, 0.3) is 0 Å². The zero-order valence-electron chi connectivity index (χ0n) is 12.3. The van der Waals surface area contributed by atoms with Gasteiger partial charge in [-0.2, -0.15) is 0 Å². The fraction of sp³-hybridized carbons (Fsp3) is 0. The topological polar surface area (TPSA) is 66.9 Å². The first kappa shape index (κ1) is 15.9. The van der Waals surface area contributed by atoms with Gasteiger partial charge in [-0.1, -0.05) is 23.7 Å². The highest BCUT2D eigenvalue weighted by molar-refractivity contribution is 6.30. The Hall–Kier alpha value is -2.99. The molecule has 0 fully saturated rings. The fourth-order valence-electron chi connectivity index (χ4n) is 1.94. The SMILES string of the molecule is O=C(Nc1ccc(Cl)cc1)c1cnc(Nc2ccccc2F)cn1. The third-order valence-corrected chi connectivity index (χ3v) is 3.38. The summed E-state index contributed by atoms with van der Waals surface area (Å²) in [5.41, 5.74) is 1.02. The van der Waals surface area contributed by atoms with Gasteiger partial charge in [0.05, 0.1) is 18.1 Å². The van der Waals surface area contributed by atoms with Crippen LogP contribution in [0.4, 0.5) is 21.6 Å². The van der Waals surface area contributed by atoms with E-state index in [-0.39, 0.29) is 11.4 Å². The van der Waals surface area contributed by atoms with Gasteiger partial charge in [0.1, 0.15) is 17.3 Å². The van der Waals surface area contributed by atoms with Crippen LogP contribution in [0.1, 0.15) is 10.5 Å². The Balaban J connectivity index is 1.68. The first-order valence-corrected chi connectivity index (χ1v) is 7.40. The van der Waals surface area contributed by atoms with Gasteiger partial charge >= 0.3 is 0 Å². The molecule has 0 aliphatic rings. The first-order valence-electron chi connectivity index (χ1n) is 7.02. The van der Waals surface area contributed by atoms with Crippen LogP contribution in [-0.4, -0.2) is 15.9 Å². The largest absolute Gasteiger partial charge is 0.337 e. The highest BCUT2D eigenvalue weighted by Crippen LogP contribution is 2.18. The summed E-state index contributed by atoms with van der Waals surface area (Å²) in [6.45, 7) is 0. The molecular weight excluding hydrogens is 331 g/mol. The van der Waals surface area contributed by atoms with Crippen LogP contribution < -0.4 is 10.6 Å². The van der Waals surface area contributed by atoms with E-state index in [4.69, 9.17) is 11.6 Å². The summed E-state index contributed by atoms with van der Waals surface area (Å²) in [5, 5.41) is 6.06. The molecule has 0 spiro atoms. The third kappa shape index (κ3) is 3.85. The van der Waals surface area contributed by atoms with Crippen LogP contribution in [0.5, 0.6) is 0 Å². The summed E-state index contributed by atoms with van der Waals surface area (Å²) < 4.78 is 13.6. The second kappa shape index (κ2) is 7.06. The van der Waals surface area contributed by atoms with E-state index in [1.807, 2.05) is 0 Å². The summed E-state index contributed by atoms with van der Waals surface area (Å²) in [7, 11) is 0. The first-order chi connectivity index (χ1) is 11.6. The van der Waals surface area contributed by atoms with E-state index in [1.165, 1.54) is 18.5 Å². The molecule has 3 aromatic rings. The summed E-state index contributed by atoms with van der Waals surface area (Å²) in [6.07, 6.45) is 2.68. The Labute approximate surface area is 142 Å². The van der Waals surface area contributed by atoms with Gasteiger partial charge in [-0.15, -0.1) is 0 Å². The van der Waals surface area contributed by atoms with E-state index < -0.39 is 11.7 Å². The number of carbonyl (C=O) groups excluding carboxylic acids is 1. The molecule has 0 unspecified atom stereocenters. The number of hydrogen-bond donors (Lipinski definition) is 2. The van der Waals surface area contributed by atoms with Crippen molar-refractivity contribution in [1.29, 1.82) is 0 Å². The summed E-state index contributed by atoms with van der Waals surface area (Å²) in [5.74, 6) is -0.464. The molecule has 0 saturated heterocycles. The van der Waals surface area contributed by atoms with Crippen LogP contribution >= 0.6 is 11.6 Å². The molecular formula is C17H12ClFN4O. The molecule has 0 bridgehead atoms. The van der Waals surface area contributed by atoms with Crippen molar-refractivity contribution in [3.8, 4) is 0 Å². The summed E-state index contributed by atoms with van der Waals surface area (Å²) in [6, 6.07) is 12.9. The maximum atomic E-state index is 13.6. The van der Waals surface area contributed by atoms with Gasteiger partial charge in [-0.05, 0) is 36.4 Å². The number of amides is 1. The number of anilines is 3. The summed E-state index contributed by atoms with van der Waals surface area (Å²) in [4.78, 5) is 20.2. The van der Waals surface area contributed by atoms with Crippen molar-refractivity contribution in [2.45, 2.75) is 0 Å². The Morgan fingerprint density at radius 1 is 1.00 bits per heavy atom. The molecule has 0 aliphatic heterocycles. The van der Waals surface area contributed by atoms with Crippen LogP contribution in [0, 0.1) is 5.82 Å². The minimum absolute atomic E-state index is 0.143. The van der Waals surface area contributed by atoms with E-state index in [0.717, 1.165) is 0 Å². The molecule has 120 valence electrons. The van der Waals surface area contributed by atoms with Gasteiger partial charge in [-0.3, -0.25) is 4.79 Å². The molecule has 1 heterocycles. The average molecular weight is 343 g/mol. The smallest absolute Gasteiger partial charge is 0.275 e. The lowest BCUT2D eigenvalue weighted by Gasteiger charge is -2.07. The Morgan fingerprint density at radius 2 is 1.75 bits per heavy atom. The van der Waals surface area contributed by atoms with Crippen molar-refractivity contribution >= 4 is 34.7 Å². The second-order valence-electron chi connectivity index (χ2n) is 4.85. The molecule has 5 nitrogen and oxygen atoms in total. The van der Waals surface area contributed by atoms with Crippen LogP contribution in [-0.2, 0) is 0 Å². The van der Waals surface area contributed by atoms with Gasteiger partial charge in [0, 0.05) is 10.7 Å². The van der Waals surface area contributed by atoms with Crippen LogP contribution in [0.15, 0.2) is 60.9 Å². The number of nitrogens with one attached hydrogen (secondary N) is 2. The lowest BCUT2D eigenvalue weighted by Crippen LogP contribution is -2.14. The molecule has 2 aromatic carbocycles. The molecule has 2 N–H and O–H groups in total.